The number of halogens is 1. The average molecular weight is 195 g/mol. The monoisotopic (exact) mass is 194 g/mol. The van der Waals surface area contributed by atoms with Gasteiger partial charge in [0.15, 0.2) is 0 Å². The second-order valence-electron chi connectivity index (χ2n) is 2.61. The zero-order valence-electron chi connectivity index (χ0n) is 6.36. The second-order valence-corrected chi connectivity index (χ2v) is 3.26. The van der Waals surface area contributed by atoms with Crippen LogP contribution in [0.5, 0.6) is 0 Å². The van der Waals surface area contributed by atoms with Gasteiger partial charge in [-0.1, -0.05) is 29.8 Å². The number of methoxy groups -OCH3 is 1. The Labute approximate surface area is 65.9 Å². The topological polar surface area (TPSA) is 9.23 Å². The van der Waals surface area contributed by atoms with Crippen molar-refractivity contribution in [1.82, 2.24) is 0 Å². The zero-order chi connectivity index (χ0) is 7.28. The van der Waals surface area contributed by atoms with E-state index in [0.29, 0.717) is 11.8 Å². The van der Waals surface area contributed by atoms with Crippen molar-refractivity contribution in [3.63, 3.8) is 0 Å². The van der Waals surface area contributed by atoms with E-state index in [1.165, 1.54) is 0 Å². The summed E-state index contributed by atoms with van der Waals surface area (Å²) in [6.45, 7) is 5.29. The van der Waals surface area contributed by atoms with Crippen molar-refractivity contribution >= 4 is 15.9 Å². The first-order valence-electron chi connectivity index (χ1n) is 3.27. The van der Waals surface area contributed by atoms with E-state index in [2.05, 4.69) is 29.8 Å². The summed E-state index contributed by atoms with van der Waals surface area (Å²) in [6, 6.07) is 0. The van der Waals surface area contributed by atoms with E-state index in [0.717, 1.165) is 11.9 Å². The first-order chi connectivity index (χ1) is 4.22. The van der Waals surface area contributed by atoms with Gasteiger partial charge in [0.1, 0.15) is 0 Å². The molecule has 0 bridgehead atoms. The molecule has 2 heteroatoms. The Hall–Kier alpha value is 0.440. The molecule has 0 saturated heterocycles. The van der Waals surface area contributed by atoms with Crippen molar-refractivity contribution in [2.75, 3.05) is 19.0 Å². The molecule has 0 spiro atoms. The van der Waals surface area contributed by atoms with E-state index >= 15 is 0 Å². The highest BCUT2D eigenvalue weighted by molar-refractivity contribution is 9.09. The summed E-state index contributed by atoms with van der Waals surface area (Å²) in [5.41, 5.74) is 0. The van der Waals surface area contributed by atoms with Crippen molar-refractivity contribution in [2.45, 2.75) is 13.8 Å². The Balaban J connectivity index is 3.41. The van der Waals surface area contributed by atoms with E-state index < -0.39 is 0 Å². The quantitative estimate of drug-likeness (QED) is 0.625. The van der Waals surface area contributed by atoms with E-state index in [1.807, 2.05) is 0 Å². The molecule has 1 nitrogen and oxygen atoms in total. The molecule has 0 aliphatic rings. The highest BCUT2D eigenvalue weighted by Gasteiger charge is 2.09. The lowest BCUT2D eigenvalue weighted by atomic mass is 9.99. The Bertz CT molecular complexity index is 63.9. The van der Waals surface area contributed by atoms with Crippen molar-refractivity contribution in [1.29, 1.82) is 0 Å². The van der Waals surface area contributed by atoms with Crippen LogP contribution >= 0.6 is 15.9 Å². The van der Waals surface area contributed by atoms with Gasteiger partial charge >= 0.3 is 0 Å². The standard InChI is InChI=1S/C7H15BrO/c1-6(2)7(4-8)5-9-3/h6-7H,4-5H2,1-3H3/t7-/m0/s1. The van der Waals surface area contributed by atoms with Crippen molar-refractivity contribution in [3.8, 4) is 0 Å². The summed E-state index contributed by atoms with van der Waals surface area (Å²) in [7, 11) is 1.75. The molecule has 0 fully saturated rings. The summed E-state index contributed by atoms with van der Waals surface area (Å²) in [6.07, 6.45) is 0. The maximum absolute atomic E-state index is 5.03. The molecule has 0 saturated carbocycles. The number of ether oxygens (including phenoxy) is 1. The van der Waals surface area contributed by atoms with Gasteiger partial charge in [-0.3, -0.25) is 0 Å². The van der Waals surface area contributed by atoms with Gasteiger partial charge < -0.3 is 4.74 Å². The fraction of sp³-hybridized carbons (Fsp3) is 1.00. The van der Waals surface area contributed by atoms with Gasteiger partial charge in [0.25, 0.3) is 0 Å². The van der Waals surface area contributed by atoms with E-state index in [9.17, 15) is 0 Å². The third-order valence-electron chi connectivity index (χ3n) is 1.52. The summed E-state index contributed by atoms with van der Waals surface area (Å²) in [5, 5.41) is 1.04. The van der Waals surface area contributed by atoms with Crippen LogP contribution in [0.2, 0.25) is 0 Å². The Morgan fingerprint density at radius 3 is 2.11 bits per heavy atom. The normalized spacial score (nSPS) is 14.3. The van der Waals surface area contributed by atoms with Crippen LogP contribution in [0.15, 0.2) is 0 Å². The molecule has 0 amide bonds. The molecule has 0 aromatic carbocycles. The molecule has 0 heterocycles. The fourth-order valence-corrected chi connectivity index (χ4v) is 1.56. The highest BCUT2D eigenvalue weighted by Crippen LogP contribution is 2.13. The minimum atomic E-state index is 0.662. The van der Waals surface area contributed by atoms with Gasteiger partial charge in [-0.25, -0.2) is 0 Å². The van der Waals surface area contributed by atoms with Crippen LogP contribution in [0.3, 0.4) is 0 Å². The Morgan fingerprint density at radius 2 is 2.00 bits per heavy atom. The van der Waals surface area contributed by atoms with Crippen LogP contribution in [0.4, 0.5) is 0 Å². The van der Waals surface area contributed by atoms with Gasteiger partial charge in [0.2, 0.25) is 0 Å². The smallest absolute Gasteiger partial charge is 0.0500 e. The van der Waals surface area contributed by atoms with Crippen LogP contribution in [0, 0.1) is 11.8 Å². The van der Waals surface area contributed by atoms with Gasteiger partial charge in [-0.2, -0.15) is 0 Å². The Kier molecular flexibility index (Phi) is 5.50. The van der Waals surface area contributed by atoms with Gasteiger partial charge in [0.05, 0.1) is 6.61 Å². The molecule has 1 atom stereocenters. The lowest BCUT2D eigenvalue weighted by Crippen LogP contribution is -2.15. The molecule has 0 aromatic heterocycles. The SMILES string of the molecule is COC[C@H](CBr)C(C)C. The molecular weight excluding hydrogens is 180 g/mol. The second kappa shape index (κ2) is 5.24. The largest absolute Gasteiger partial charge is 0.384 e. The predicted molar refractivity (Wildman–Crippen MR) is 44.0 cm³/mol. The van der Waals surface area contributed by atoms with Gasteiger partial charge in [0, 0.05) is 12.4 Å². The summed E-state index contributed by atoms with van der Waals surface area (Å²) in [5.74, 6) is 1.37. The molecule has 0 aliphatic heterocycles. The number of hydrogen-bond acceptors (Lipinski definition) is 1. The predicted octanol–water partition coefficient (Wildman–Crippen LogP) is 2.30. The lowest BCUT2D eigenvalue weighted by Gasteiger charge is -2.15. The average Bonchev–Trinajstić information content (AvgIpc) is 1.82. The first kappa shape index (κ1) is 9.44. The van der Waals surface area contributed by atoms with E-state index in [4.69, 9.17) is 4.74 Å². The lowest BCUT2D eigenvalue weighted by molar-refractivity contribution is 0.141. The molecule has 0 rings (SSSR count). The van der Waals surface area contributed by atoms with Gasteiger partial charge in [-0.05, 0) is 11.8 Å². The molecule has 0 unspecified atom stereocenters. The maximum Gasteiger partial charge on any atom is 0.0500 e. The van der Waals surface area contributed by atoms with Crippen molar-refractivity contribution in [3.05, 3.63) is 0 Å². The number of rotatable bonds is 4. The Morgan fingerprint density at radius 1 is 1.44 bits per heavy atom. The molecule has 9 heavy (non-hydrogen) atoms. The first-order valence-corrected chi connectivity index (χ1v) is 4.39. The van der Waals surface area contributed by atoms with Crippen molar-refractivity contribution < 1.29 is 4.74 Å². The highest BCUT2D eigenvalue weighted by atomic mass is 79.9. The van der Waals surface area contributed by atoms with Gasteiger partial charge in [-0.15, -0.1) is 0 Å². The van der Waals surface area contributed by atoms with E-state index in [1.54, 1.807) is 7.11 Å². The summed E-state index contributed by atoms with van der Waals surface area (Å²) < 4.78 is 5.03. The van der Waals surface area contributed by atoms with Crippen molar-refractivity contribution in [2.24, 2.45) is 11.8 Å². The van der Waals surface area contributed by atoms with Crippen LogP contribution in [-0.4, -0.2) is 19.0 Å². The zero-order valence-corrected chi connectivity index (χ0v) is 7.94. The van der Waals surface area contributed by atoms with Crippen LogP contribution in [-0.2, 0) is 4.74 Å². The minimum absolute atomic E-state index is 0.662. The number of alkyl halides is 1. The summed E-state index contributed by atoms with van der Waals surface area (Å²) >= 11 is 3.44. The fourth-order valence-electron chi connectivity index (χ4n) is 0.629. The molecular formula is C7H15BrO. The minimum Gasteiger partial charge on any atom is -0.384 e. The van der Waals surface area contributed by atoms with Crippen LogP contribution < -0.4 is 0 Å². The van der Waals surface area contributed by atoms with Crippen LogP contribution in [0.1, 0.15) is 13.8 Å². The summed E-state index contributed by atoms with van der Waals surface area (Å²) in [4.78, 5) is 0. The maximum atomic E-state index is 5.03. The molecule has 0 N–H and O–H groups in total. The van der Waals surface area contributed by atoms with Crippen LogP contribution in [0.25, 0.3) is 0 Å². The third kappa shape index (κ3) is 3.93. The molecule has 56 valence electrons. The van der Waals surface area contributed by atoms with E-state index in [-0.39, 0.29) is 0 Å². The molecule has 0 aliphatic carbocycles. The third-order valence-corrected chi connectivity index (χ3v) is 2.35. The molecule has 0 aromatic rings. The molecule has 0 radical (unpaired) electrons. The number of hydrogen-bond donors (Lipinski definition) is 0.